The number of hydrogen-bond donors (Lipinski definition) is 1. The number of nitrogens with one attached hydrogen (secondary N) is 1. The molecule has 1 N–H and O–H groups in total. The van der Waals surface area contributed by atoms with Crippen molar-refractivity contribution in [3.05, 3.63) is 71.3 Å². The molecule has 164 valence electrons. The first-order chi connectivity index (χ1) is 14.2. The molecular weight excluding hydrogens is 499 g/mol. The third-order valence-electron chi connectivity index (χ3n) is 5.04. The SMILES string of the molecule is CCNC(=NCCc1ccc(F)cc1F)N1CCC(COCc2ccccc2)C1.I. The van der Waals surface area contributed by atoms with Crippen molar-refractivity contribution in [2.45, 2.75) is 26.4 Å². The van der Waals surface area contributed by atoms with Crippen molar-refractivity contribution < 1.29 is 13.5 Å². The Bertz CT molecular complexity index is 804. The molecule has 0 radical (unpaired) electrons. The van der Waals surface area contributed by atoms with Crippen LogP contribution in [0.1, 0.15) is 24.5 Å². The van der Waals surface area contributed by atoms with Crippen molar-refractivity contribution in [2.24, 2.45) is 10.9 Å². The van der Waals surface area contributed by atoms with Gasteiger partial charge in [0.25, 0.3) is 0 Å². The normalized spacial score (nSPS) is 16.4. The van der Waals surface area contributed by atoms with Crippen LogP contribution in [-0.2, 0) is 17.8 Å². The van der Waals surface area contributed by atoms with Gasteiger partial charge in [-0.1, -0.05) is 36.4 Å². The zero-order valence-electron chi connectivity index (χ0n) is 17.3. The predicted octanol–water partition coefficient (Wildman–Crippen LogP) is 4.63. The van der Waals surface area contributed by atoms with E-state index in [1.807, 2.05) is 25.1 Å². The van der Waals surface area contributed by atoms with Gasteiger partial charge in [0.15, 0.2) is 5.96 Å². The van der Waals surface area contributed by atoms with Gasteiger partial charge in [0, 0.05) is 38.2 Å². The molecular formula is C23H30F2IN3O. The minimum atomic E-state index is -0.555. The van der Waals surface area contributed by atoms with E-state index >= 15 is 0 Å². The molecule has 30 heavy (non-hydrogen) atoms. The van der Waals surface area contributed by atoms with Gasteiger partial charge in [0.05, 0.1) is 13.2 Å². The quantitative estimate of drug-likeness (QED) is 0.308. The molecule has 1 aliphatic heterocycles. The molecule has 4 nitrogen and oxygen atoms in total. The summed E-state index contributed by atoms with van der Waals surface area (Å²) in [5.74, 6) is 0.250. The second-order valence-electron chi connectivity index (χ2n) is 7.32. The molecule has 3 rings (SSSR count). The van der Waals surface area contributed by atoms with Crippen LogP contribution in [0.25, 0.3) is 0 Å². The van der Waals surface area contributed by atoms with Crippen LogP contribution in [0.5, 0.6) is 0 Å². The lowest BCUT2D eigenvalue weighted by atomic mass is 10.1. The molecule has 0 amide bonds. The topological polar surface area (TPSA) is 36.9 Å². The monoisotopic (exact) mass is 529 g/mol. The maximum Gasteiger partial charge on any atom is 0.193 e. The molecule has 0 aliphatic carbocycles. The summed E-state index contributed by atoms with van der Waals surface area (Å²) in [6.07, 6.45) is 1.50. The molecule has 2 aromatic rings. The predicted molar refractivity (Wildman–Crippen MR) is 127 cm³/mol. The number of ether oxygens (including phenoxy) is 1. The first-order valence-electron chi connectivity index (χ1n) is 10.2. The molecule has 1 atom stereocenters. The van der Waals surface area contributed by atoms with Crippen molar-refractivity contribution in [1.29, 1.82) is 0 Å². The fraction of sp³-hybridized carbons (Fsp3) is 0.435. The van der Waals surface area contributed by atoms with Crippen molar-refractivity contribution in [3.63, 3.8) is 0 Å². The first-order valence-corrected chi connectivity index (χ1v) is 10.2. The van der Waals surface area contributed by atoms with E-state index < -0.39 is 11.6 Å². The van der Waals surface area contributed by atoms with Gasteiger partial charge >= 0.3 is 0 Å². The van der Waals surface area contributed by atoms with Crippen LogP contribution < -0.4 is 5.32 Å². The highest BCUT2D eigenvalue weighted by atomic mass is 127. The van der Waals surface area contributed by atoms with Crippen LogP contribution in [0, 0.1) is 17.6 Å². The van der Waals surface area contributed by atoms with Gasteiger partial charge < -0.3 is 15.0 Å². The smallest absolute Gasteiger partial charge is 0.193 e. The lowest BCUT2D eigenvalue weighted by Gasteiger charge is -2.21. The summed E-state index contributed by atoms with van der Waals surface area (Å²) in [7, 11) is 0. The Morgan fingerprint density at radius 3 is 2.73 bits per heavy atom. The Morgan fingerprint density at radius 2 is 2.00 bits per heavy atom. The Kier molecular flexibility index (Phi) is 10.5. The summed E-state index contributed by atoms with van der Waals surface area (Å²) in [4.78, 5) is 6.88. The highest BCUT2D eigenvalue weighted by Gasteiger charge is 2.25. The summed E-state index contributed by atoms with van der Waals surface area (Å²) in [6, 6.07) is 13.9. The fourth-order valence-electron chi connectivity index (χ4n) is 3.51. The Balaban J connectivity index is 0.00000320. The third kappa shape index (κ3) is 7.50. The van der Waals surface area contributed by atoms with Crippen molar-refractivity contribution in [2.75, 3.05) is 32.8 Å². The lowest BCUT2D eigenvalue weighted by Crippen LogP contribution is -2.40. The summed E-state index contributed by atoms with van der Waals surface area (Å²) in [5, 5.41) is 3.32. The standard InChI is InChI=1S/C23H29F2N3O.HI/c1-2-26-23(27-12-10-20-8-9-21(24)14-22(20)25)28-13-11-19(15-28)17-29-16-18-6-4-3-5-7-18;/h3-9,14,19H,2,10-13,15-17H2,1H3,(H,26,27);1H. The van der Waals surface area contributed by atoms with Crippen molar-refractivity contribution in [1.82, 2.24) is 10.2 Å². The molecule has 0 spiro atoms. The second kappa shape index (κ2) is 12.8. The Labute approximate surface area is 194 Å². The summed E-state index contributed by atoms with van der Waals surface area (Å²) in [5.41, 5.74) is 1.67. The molecule has 1 aliphatic rings. The molecule has 0 bridgehead atoms. The maximum absolute atomic E-state index is 13.8. The highest BCUT2D eigenvalue weighted by molar-refractivity contribution is 14.0. The number of guanidine groups is 1. The van der Waals surface area contributed by atoms with Crippen molar-refractivity contribution >= 4 is 29.9 Å². The molecule has 0 aromatic heterocycles. The number of benzene rings is 2. The van der Waals surface area contributed by atoms with E-state index in [0.29, 0.717) is 31.1 Å². The molecule has 7 heteroatoms. The largest absolute Gasteiger partial charge is 0.376 e. The van der Waals surface area contributed by atoms with Crippen LogP contribution in [0.15, 0.2) is 53.5 Å². The number of nitrogens with zero attached hydrogens (tertiary/aromatic N) is 2. The average Bonchev–Trinajstić information content (AvgIpc) is 3.18. The Hall–Kier alpha value is -1.74. The maximum atomic E-state index is 13.8. The van der Waals surface area contributed by atoms with E-state index in [1.54, 1.807) is 0 Å². The fourth-order valence-corrected chi connectivity index (χ4v) is 3.51. The minimum Gasteiger partial charge on any atom is -0.376 e. The number of halogens is 3. The van der Waals surface area contributed by atoms with Gasteiger partial charge in [-0.25, -0.2) is 8.78 Å². The van der Waals surface area contributed by atoms with Crippen molar-refractivity contribution in [3.8, 4) is 0 Å². The van der Waals surface area contributed by atoms with Crippen LogP contribution in [0.2, 0.25) is 0 Å². The molecule has 1 fully saturated rings. The third-order valence-corrected chi connectivity index (χ3v) is 5.04. The van der Waals surface area contributed by atoms with Crippen LogP contribution in [-0.4, -0.2) is 43.6 Å². The minimum absolute atomic E-state index is 0. The van der Waals surface area contributed by atoms with Gasteiger partial charge in [-0.3, -0.25) is 4.99 Å². The van der Waals surface area contributed by atoms with E-state index in [-0.39, 0.29) is 24.0 Å². The van der Waals surface area contributed by atoms with E-state index in [1.165, 1.54) is 17.7 Å². The van der Waals surface area contributed by atoms with Gasteiger partial charge in [-0.15, -0.1) is 24.0 Å². The van der Waals surface area contributed by atoms with Crippen LogP contribution in [0.3, 0.4) is 0 Å². The number of hydrogen-bond acceptors (Lipinski definition) is 2. The average molecular weight is 529 g/mol. The second-order valence-corrected chi connectivity index (χ2v) is 7.32. The summed E-state index contributed by atoms with van der Waals surface area (Å²) >= 11 is 0. The van der Waals surface area contributed by atoms with E-state index in [2.05, 4.69) is 27.3 Å². The molecule has 1 unspecified atom stereocenters. The molecule has 0 saturated carbocycles. The van der Waals surface area contributed by atoms with Gasteiger partial charge in [0.2, 0.25) is 0 Å². The summed E-state index contributed by atoms with van der Waals surface area (Å²) in [6.45, 7) is 6.44. The zero-order valence-corrected chi connectivity index (χ0v) is 19.7. The summed E-state index contributed by atoms with van der Waals surface area (Å²) < 4.78 is 32.7. The lowest BCUT2D eigenvalue weighted by molar-refractivity contribution is 0.0907. The molecule has 1 saturated heterocycles. The Morgan fingerprint density at radius 1 is 1.20 bits per heavy atom. The zero-order chi connectivity index (χ0) is 20.5. The van der Waals surface area contributed by atoms with Gasteiger partial charge in [-0.05, 0) is 37.0 Å². The molecule has 2 aromatic carbocycles. The van der Waals surface area contributed by atoms with Gasteiger partial charge in [-0.2, -0.15) is 0 Å². The number of rotatable bonds is 8. The van der Waals surface area contributed by atoms with Crippen LogP contribution in [0.4, 0.5) is 8.78 Å². The van der Waals surface area contributed by atoms with E-state index in [0.717, 1.165) is 44.7 Å². The van der Waals surface area contributed by atoms with E-state index in [4.69, 9.17) is 4.74 Å². The first kappa shape index (κ1) is 24.5. The van der Waals surface area contributed by atoms with E-state index in [9.17, 15) is 8.78 Å². The number of likely N-dealkylation sites (tertiary alicyclic amines) is 1. The van der Waals surface area contributed by atoms with Crippen LogP contribution >= 0.6 is 24.0 Å². The highest BCUT2D eigenvalue weighted by Crippen LogP contribution is 2.18. The molecule has 1 heterocycles. The van der Waals surface area contributed by atoms with Gasteiger partial charge in [0.1, 0.15) is 11.6 Å². The number of aliphatic imine (C=N–C) groups is 1.